The summed E-state index contributed by atoms with van der Waals surface area (Å²) in [7, 11) is 0. The van der Waals surface area contributed by atoms with Gasteiger partial charge in [0.2, 0.25) is 0 Å². The molecule has 0 spiro atoms. The number of rotatable bonds is 1. The largest absolute Gasteiger partial charge is 0.314 e. The SMILES string of the molecule is N#CC(N)CF. The number of halogens is 1. The molecule has 0 rings (SSSR count). The summed E-state index contributed by atoms with van der Waals surface area (Å²) < 4.78 is 11.0. The number of hydrogen-bond acceptors (Lipinski definition) is 2. The molecule has 1 atom stereocenters. The Morgan fingerprint density at radius 1 is 2.00 bits per heavy atom. The molecule has 0 bridgehead atoms. The molecule has 0 aliphatic carbocycles. The van der Waals surface area contributed by atoms with Gasteiger partial charge < -0.3 is 5.73 Å². The van der Waals surface area contributed by atoms with Crippen LogP contribution in [0.5, 0.6) is 0 Å². The maximum atomic E-state index is 11.0. The zero-order valence-electron chi connectivity index (χ0n) is 3.19. The van der Waals surface area contributed by atoms with Gasteiger partial charge in [0.25, 0.3) is 0 Å². The van der Waals surface area contributed by atoms with Crippen molar-refractivity contribution >= 4 is 0 Å². The molecule has 0 aliphatic heterocycles. The monoisotopic (exact) mass is 88.0 g/mol. The van der Waals surface area contributed by atoms with Crippen LogP contribution in [0, 0.1) is 11.3 Å². The zero-order chi connectivity index (χ0) is 4.99. The van der Waals surface area contributed by atoms with Gasteiger partial charge >= 0.3 is 0 Å². The lowest BCUT2D eigenvalue weighted by Crippen LogP contribution is -2.18. The molecule has 0 fully saturated rings. The lowest BCUT2D eigenvalue weighted by Gasteiger charge is -1.85. The van der Waals surface area contributed by atoms with Crippen LogP contribution in [0.2, 0.25) is 0 Å². The van der Waals surface area contributed by atoms with Gasteiger partial charge in [0.1, 0.15) is 12.7 Å². The molecule has 0 amide bonds. The summed E-state index contributed by atoms with van der Waals surface area (Å²) in [6, 6.07) is 0.591. The zero-order valence-corrected chi connectivity index (χ0v) is 3.19. The first-order valence-electron chi connectivity index (χ1n) is 1.52. The van der Waals surface area contributed by atoms with Crippen molar-refractivity contribution < 1.29 is 4.39 Å². The smallest absolute Gasteiger partial charge is 0.121 e. The van der Waals surface area contributed by atoms with Crippen molar-refractivity contribution in [2.24, 2.45) is 5.73 Å². The maximum absolute atomic E-state index is 11.0. The Kier molecular flexibility index (Phi) is 2.34. The Bertz CT molecular complexity index is 65.7. The Hall–Kier alpha value is -0.620. The molecular formula is C3H5FN2. The molecule has 0 heterocycles. The van der Waals surface area contributed by atoms with E-state index in [0.717, 1.165) is 0 Å². The van der Waals surface area contributed by atoms with Crippen LogP contribution in [0.4, 0.5) is 4.39 Å². The van der Waals surface area contributed by atoms with Crippen molar-refractivity contribution in [3.8, 4) is 6.07 Å². The predicted octanol–water partition coefficient (Wildman–Crippen LogP) is -0.193. The lowest BCUT2D eigenvalue weighted by molar-refractivity contribution is 0.469. The topological polar surface area (TPSA) is 49.8 Å². The number of nitrogens with zero attached hydrogens (tertiary/aromatic N) is 1. The van der Waals surface area contributed by atoms with Gasteiger partial charge in [0.05, 0.1) is 6.07 Å². The average molecular weight is 88.1 g/mol. The van der Waals surface area contributed by atoms with Gasteiger partial charge in [-0.2, -0.15) is 5.26 Å². The second-order valence-electron chi connectivity index (χ2n) is 0.890. The normalized spacial score (nSPS) is 12.8. The molecule has 0 aromatic heterocycles. The highest BCUT2D eigenvalue weighted by atomic mass is 19.1. The fourth-order valence-corrected chi connectivity index (χ4v) is 0.0345. The predicted molar refractivity (Wildman–Crippen MR) is 19.6 cm³/mol. The van der Waals surface area contributed by atoms with Crippen LogP contribution in [0.1, 0.15) is 0 Å². The Morgan fingerprint density at radius 2 is 2.50 bits per heavy atom. The number of nitriles is 1. The number of nitrogens with two attached hydrogens (primary N) is 1. The van der Waals surface area contributed by atoms with E-state index in [1.54, 1.807) is 0 Å². The molecule has 1 unspecified atom stereocenters. The van der Waals surface area contributed by atoms with Crippen molar-refractivity contribution in [1.29, 1.82) is 5.26 Å². The van der Waals surface area contributed by atoms with Crippen LogP contribution in [0.15, 0.2) is 0 Å². The summed E-state index contributed by atoms with van der Waals surface area (Å²) in [5.74, 6) is 0. The molecule has 0 aliphatic rings. The fourth-order valence-electron chi connectivity index (χ4n) is 0.0345. The lowest BCUT2D eigenvalue weighted by atomic mass is 10.4. The van der Waals surface area contributed by atoms with Gasteiger partial charge in [-0.15, -0.1) is 0 Å². The maximum Gasteiger partial charge on any atom is 0.121 e. The van der Waals surface area contributed by atoms with Crippen LogP contribution >= 0.6 is 0 Å². The van der Waals surface area contributed by atoms with Crippen LogP contribution in [-0.2, 0) is 0 Å². The summed E-state index contributed by atoms with van der Waals surface area (Å²) in [6.45, 7) is -0.753. The first kappa shape index (κ1) is 5.38. The van der Waals surface area contributed by atoms with Crippen LogP contribution in [0.3, 0.4) is 0 Å². The molecule has 34 valence electrons. The van der Waals surface area contributed by atoms with E-state index in [1.807, 2.05) is 0 Å². The molecule has 0 aromatic rings. The summed E-state index contributed by atoms with van der Waals surface area (Å²) >= 11 is 0. The van der Waals surface area contributed by atoms with E-state index in [2.05, 4.69) is 0 Å². The summed E-state index contributed by atoms with van der Waals surface area (Å²) in [5, 5.41) is 7.72. The van der Waals surface area contributed by atoms with Crippen molar-refractivity contribution in [3.63, 3.8) is 0 Å². The van der Waals surface area contributed by atoms with Gasteiger partial charge in [-0.05, 0) is 0 Å². The Labute approximate surface area is 35.4 Å². The van der Waals surface area contributed by atoms with E-state index in [0.29, 0.717) is 0 Å². The standard InChI is InChI=1S/C3H5FN2/c4-1-3(6)2-5/h3H,1,6H2. The summed E-state index contributed by atoms with van der Waals surface area (Å²) in [6.07, 6.45) is 0. The average Bonchev–Trinajstić information content (AvgIpc) is 1.65. The van der Waals surface area contributed by atoms with E-state index in [1.165, 1.54) is 6.07 Å². The highest BCUT2D eigenvalue weighted by molar-refractivity contribution is 4.85. The van der Waals surface area contributed by atoms with Gasteiger partial charge in [0.15, 0.2) is 0 Å². The number of alkyl halides is 1. The first-order chi connectivity index (χ1) is 2.81. The molecule has 2 nitrogen and oxygen atoms in total. The van der Waals surface area contributed by atoms with Crippen molar-refractivity contribution in [1.82, 2.24) is 0 Å². The van der Waals surface area contributed by atoms with Gasteiger partial charge in [-0.3, -0.25) is 0 Å². The summed E-state index contributed by atoms with van der Waals surface area (Å²) in [5.41, 5.74) is 4.74. The van der Waals surface area contributed by atoms with E-state index >= 15 is 0 Å². The number of hydrogen-bond donors (Lipinski definition) is 1. The third-order valence-electron chi connectivity index (χ3n) is 0.332. The minimum absolute atomic E-state index is 0.753. The van der Waals surface area contributed by atoms with E-state index in [-0.39, 0.29) is 0 Å². The quantitative estimate of drug-likeness (QED) is 0.482. The molecule has 0 saturated carbocycles. The Balaban J connectivity index is 3.04. The van der Waals surface area contributed by atoms with Gasteiger partial charge in [-0.25, -0.2) is 4.39 Å². The van der Waals surface area contributed by atoms with Crippen LogP contribution in [0.25, 0.3) is 0 Å². The van der Waals surface area contributed by atoms with Gasteiger partial charge in [-0.1, -0.05) is 0 Å². The Morgan fingerprint density at radius 3 is 2.50 bits per heavy atom. The minimum Gasteiger partial charge on any atom is -0.314 e. The minimum atomic E-state index is -0.926. The fraction of sp³-hybridized carbons (Fsp3) is 0.667. The van der Waals surface area contributed by atoms with Crippen molar-refractivity contribution in [2.45, 2.75) is 6.04 Å². The van der Waals surface area contributed by atoms with E-state index < -0.39 is 12.7 Å². The highest BCUT2D eigenvalue weighted by Crippen LogP contribution is 1.71. The molecule has 0 radical (unpaired) electrons. The molecule has 2 N–H and O–H groups in total. The van der Waals surface area contributed by atoms with Crippen molar-refractivity contribution in [3.05, 3.63) is 0 Å². The van der Waals surface area contributed by atoms with E-state index in [4.69, 9.17) is 11.0 Å². The second-order valence-corrected chi connectivity index (χ2v) is 0.890. The van der Waals surface area contributed by atoms with Crippen molar-refractivity contribution in [2.75, 3.05) is 6.67 Å². The molecular weight excluding hydrogens is 83.0 g/mol. The van der Waals surface area contributed by atoms with Gasteiger partial charge in [0, 0.05) is 0 Å². The highest BCUT2D eigenvalue weighted by Gasteiger charge is 1.92. The third-order valence-corrected chi connectivity index (χ3v) is 0.332. The van der Waals surface area contributed by atoms with Crippen LogP contribution < -0.4 is 5.73 Å². The van der Waals surface area contributed by atoms with Crippen LogP contribution in [-0.4, -0.2) is 12.7 Å². The molecule has 6 heavy (non-hydrogen) atoms. The molecule has 0 aromatic carbocycles. The first-order valence-corrected chi connectivity index (χ1v) is 1.52. The third kappa shape index (κ3) is 1.68. The summed E-state index contributed by atoms with van der Waals surface area (Å²) in [4.78, 5) is 0. The molecule has 3 heteroatoms. The second kappa shape index (κ2) is 2.61. The molecule has 0 saturated heterocycles. The van der Waals surface area contributed by atoms with E-state index in [9.17, 15) is 4.39 Å².